The van der Waals surface area contributed by atoms with Crippen molar-refractivity contribution in [2.45, 2.75) is 6.92 Å². The second kappa shape index (κ2) is 3.80. The molecule has 0 amide bonds. The molecule has 2 aromatic rings. The van der Waals surface area contributed by atoms with Crippen LogP contribution in [0.3, 0.4) is 0 Å². The predicted octanol–water partition coefficient (Wildman–Crippen LogP) is 0.438. The first-order valence-electron chi connectivity index (χ1n) is 4.85. The topological polar surface area (TPSA) is 77.0 Å². The van der Waals surface area contributed by atoms with Crippen LogP contribution in [0.2, 0.25) is 0 Å². The van der Waals surface area contributed by atoms with E-state index in [1.54, 1.807) is 20.2 Å². The van der Waals surface area contributed by atoms with E-state index in [0.717, 1.165) is 0 Å². The number of ether oxygens (including phenoxy) is 1. The van der Waals surface area contributed by atoms with Gasteiger partial charge in [-0.3, -0.25) is 9.48 Å². The zero-order valence-electron chi connectivity index (χ0n) is 8.98. The van der Waals surface area contributed by atoms with Gasteiger partial charge in [-0.2, -0.15) is 5.10 Å². The minimum atomic E-state index is -0.628. The number of hydrogen-bond acceptors (Lipinski definition) is 4. The molecule has 2 heterocycles. The molecule has 0 aliphatic rings. The van der Waals surface area contributed by atoms with E-state index in [2.05, 4.69) is 10.1 Å². The molecule has 0 atom stereocenters. The van der Waals surface area contributed by atoms with Gasteiger partial charge in [-0.25, -0.2) is 4.79 Å². The highest BCUT2D eigenvalue weighted by atomic mass is 16.5. The highest BCUT2D eigenvalue weighted by Gasteiger charge is 2.15. The summed E-state index contributed by atoms with van der Waals surface area (Å²) in [5.74, 6) is -0.628. The highest BCUT2D eigenvalue weighted by Crippen LogP contribution is 2.05. The van der Waals surface area contributed by atoms with Crippen molar-refractivity contribution < 1.29 is 9.53 Å². The summed E-state index contributed by atoms with van der Waals surface area (Å²) in [6.45, 7) is 1.92. The van der Waals surface area contributed by atoms with Gasteiger partial charge >= 0.3 is 5.97 Å². The van der Waals surface area contributed by atoms with E-state index in [9.17, 15) is 9.59 Å². The number of aryl methyl sites for hydroxylation is 1. The molecule has 0 aliphatic heterocycles. The minimum Gasteiger partial charge on any atom is -0.462 e. The fraction of sp³-hybridized carbons (Fsp3) is 0.300. The lowest BCUT2D eigenvalue weighted by molar-refractivity contribution is 0.0524. The summed E-state index contributed by atoms with van der Waals surface area (Å²) in [4.78, 5) is 26.1. The zero-order valence-corrected chi connectivity index (χ0v) is 8.98. The van der Waals surface area contributed by atoms with Crippen molar-refractivity contribution in [3.63, 3.8) is 0 Å². The van der Waals surface area contributed by atoms with Crippen LogP contribution in [0, 0.1) is 0 Å². The Balaban J connectivity index is 2.60. The smallest absolute Gasteiger partial charge is 0.343 e. The lowest BCUT2D eigenvalue weighted by atomic mass is 10.2. The van der Waals surface area contributed by atoms with Gasteiger partial charge < -0.3 is 9.72 Å². The first-order chi connectivity index (χ1) is 7.63. The van der Waals surface area contributed by atoms with E-state index in [-0.39, 0.29) is 17.7 Å². The molecule has 0 fully saturated rings. The van der Waals surface area contributed by atoms with E-state index >= 15 is 0 Å². The molecule has 16 heavy (non-hydrogen) atoms. The first-order valence-corrected chi connectivity index (χ1v) is 4.85. The largest absolute Gasteiger partial charge is 0.462 e. The van der Waals surface area contributed by atoms with Crippen molar-refractivity contribution in [1.82, 2.24) is 14.8 Å². The number of nitrogens with zero attached hydrogens (tertiary/aromatic N) is 2. The molecule has 0 saturated heterocycles. The van der Waals surface area contributed by atoms with Crippen molar-refractivity contribution in [2.75, 3.05) is 6.61 Å². The van der Waals surface area contributed by atoms with Crippen molar-refractivity contribution in [3.8, 4) is 0 Å². The number of aromatic amines is 1. The zero-order chi connectivity index (χ0) is 11.7. The number of rotatable bonds is 2. The van der Waals surface area contributed by atoms with E-state index in [1.807, 2.05) is 0 Å². The van der Waals surface area contributed by atoms with Crippen molar-refractivity contribution >= 4 is 17.0 Å². The lowest BCUT2D eigenvalue weighted by Gasteiger charge is -1.99. The third-order valence-electron chi connectivity index (χ3n) is 2.16. The van der Waals surface area contributed by atoms with Gasteiger partial charge in [-0.15, -0.1) is 0 Å². The van der Waals surface area contributed by atoms with Crippen LogP contribution in [-0.4, -0.2) is 27.3 Å². The van der Waals surface area contributed by atoms with Crippen LogP contribution in [0.25, 0.3) is 11.0 Å². The summed E-state index contributed by atoms with van der Waals surface area (Å²) in [6.07, 6.45) is 3.02. The molecular weight excluding hydrogens is 210 g/mol. The third-order valence-corrected chi connectivity index (χ3v) is 2.16. The monoisotopic (exact) mass is 221 g/mol. The number of nitrogens with one attached hydrogen (secondary N) is 1. The second-order valence-electron chi connectivity index (χ2n) is 3.32. The van der Waals surface area contributed by atoms with Crippen LogP contribution in [0.15, 0.2) is 17.2 Å². The Hall–Kier alpha value is -2.11. The van der Waals surface area contributed by atoms with E-state index in [0.29, 0.717) is 5.52 Å². The Morgan fingerprint density at radius 1 is 1.62 bits per heavy atom. The average Bonchev–Trinajstić information content (AvgIpc) is 2.60. The molecular formula is C10H11N3O3. The van der Waals surface area contributed by atoms with Gasteiger partial charge in [0.05, 0.1) is 12.1 Å². The number of carbonyl (C=O) groups excluding carboxylic acids is 1. The first kappa shape index (κ1) is 10.4. The quantitative estimate of drug-likeness (QED) is 0.746. The van der Waals surface area contributed by atoms with Crippen molar-refractivity contribution in [1.29, 1.82) is 0 Å². The van der Waals surface area contributed by atoms with Crippen molar-refractivity contribution in [2.24, 2.45) is 7.05 Å². The van der Waals surface area contributed by atoms with Crippen LogP contribution < -0.4 is 5.43 Å². The summed E-state index contributed by atoms with van der Waals surface area (Å²) >= 11 is 0. The molecule has 0 bridgehead atoms. The van der Waals surface area contributed by atoms with Crippen LogP contribution in [-0.2, 0) is 11.8 Å². The van der Waals surface area contributed by atoms with E-state index in [4.69, 9.17) is 4.74 Å². The summed E-state index contributed by atoms with van der Waals surface area (Å²) < 4.78 is 6.28. The summed E-state index contributed by atoms with van der Waals surface area (Å²) in [5.41, 5.74) is 0.412. The molecule has 0 radical (unpaired) electrons. The number of fused-ring (bicyclic) bond motifs is 1. The summed E-state index contributed by atoms with van der Waals surface area (Å²) in [5, 5.41) is 3.98. The Kier molecular flexibility index (Phi) is 2.47. The van der Waals surface area contributed by atoms with Crippen LogP contribution in [0.5, 0.6) is 0 Å². The van der Waals surface area contributed by atoms with Gasteiger partial charge in [-0.1, -0.05) is 0 Å². The highest BCUT2D eigenvalue weighted by molar-refractivity contribution is 5.92. The molecule has 0 aliphatic carbocycles. The van der Waals surface area contributed by atoms with Crippen molar-refractivity contribution in [3.05, 3.63) is 28.2 Å². The fourth-order valence-electron chi connectivity index (χ4n) is 1.47. The number of aromatic nitrogens is 3. The van der Waals surface area contributed by atoms with Gasteiger partial charge in [0.1, 0.15) is 5.56 Å². The second-order valence-corrected chi connectivity index (χ2v) is 3.32. The average molecular weight is 221 g/mol. The molecule has 0 spiro atoms. The molecule has 0 aromatic carbocycles. The number of pyridine rings is 1. The van der Waals surface area contributed by atoms with Crippen LogP contribution in [0.1, 0.15) is 17.3 Å². The minimum absolute atomic E-state index is 0.0203. The van der Waals surface area contributed by atoms with Crippen LogP contribution >= 0.6 is 0 Å². The molecule has 1 N–H and O–H groups in total. The SMILES string of the molecule is CCOC(=O)c1c[nH]c2cn(C)nc2c1=O. The standard InChI is InChI=1S/C10H11N3O3/c1-3-16-10(15)6-4-11-7-5-13(2)12-8(7)9(6)14/h4-5,11H,3H2,1-2H3. The Bertz CT molecular complexity index is 597. The predicted molar refractivity (Wildman–Crippen MR) is 57.3 cm³/mol. The molecule has 6 heteroatoms. The molecule has 6 nitrogen and oxygen atoms in total. The van der Waals surface area contributed by atoms with Gasteiger partial charge in [0.15, 0.2) is 5.52 Å². The normalized spacial score (nSPS) is 10.6. The molecule has 0 unspecified atom stereocenters. The number of hydrogen-bond donors (Lipinski definition) is 1. The summed E-state index contributed by atoms with van der Waals surface area (Å²) in [7, 11) is 1.71. The molecule has 84 valence electrons. The third kappa shape index (κ3) is 1.58. The fourth-order valence-corrected chi connectivity index (χ4v) is 1.47. The molecule has 0 saturated carbocycles. The Labute approximate surface area is 90.8 Å². The number of esters is 1. The maximum absolute atomic E-state index is 11.9. The number of H-pyrrole nitrogens is 1. The van der Waals surface area contributed by atoms with E-state index in [1.165, 1.54) is 10.9 Å². The molecule has 2 aromatic heterocycles. The lowest BCUT2D eigenvalue weighted by Crippen LogP contribution is -2.18. The maximum atomic E-state index is 11.9. The van der Waals surface area contributed by atoms with Gasteiger partial charge in [-0.05, 0) is 6.92 Å². The van der Waals surface area contributed by atoms with Crippen LogP contribution in [0.4, 0.5) is 0 Å². The maximum Gasteiger partial charge on any atom is 0.343 e. The van der Waals surface area contributed by atoms with Gasteiger partial charge in [0, 0.05) is 19.4 Å². The summed E-state index contributed by atoms with van der Waals surface area (Å²) in [6, 6.07) is 0. The molecule has 2 rings (SSSR count). The van der Waals surface area contributed by atoms with Gasteiger partial charge in [0.2, 0.25) is 5.43 Å². The Morgan fingerprint density at radius 2 is 2.38 bits per heavy atom. The van der Waals surface area contributed by atoms with Gasteiger partial charge in [0.25, 0.3) is 0 Å². The number of carbonyl (C=O) groups is 1. The van der Waals surface area contributed by atoms with E-state index < -0.39 is 11.4 Å². The Morgan fingerprint density at radius 3 is 3.06 bits per heavy atom.